The van der Waals surface area contributed by atoms with E-state index in [-0.39, 0.29) is 5.91 Å². The predicted molar refractivity (Wildman–Crippen MR) is 87.8 cm³/mol. The molecule has 0 radical (unpaired) electrons. The van der Waals surface area contributed by atoms with Gasteiger partial charge >= 0.3 is 5.97 Å². The van der Waals surface area contributed by atoms with Gasteiger partial charge in [0.05, 0.1) is 0 Å². The molecule has 0 spiro atoms. The maximum Gasteiger partial charge on any atom is 0.331 e. The number of amides is 1. The second-order valence-corrected chi connectivity index (χ2v) is 5.85. The molecule has 0 saturated carbocycles. The highest BCUT2D eigenvalue weighted by Crippen LogP contribution is 2.31. The van der Waals surface area contributed by atoms with Crippen molar-refractivity contribution in [3.8, 4) is 11.5 Å². The van der Waals surface area contributed by atoms with E-state index in [4.69, 9.17) is 14.2 Å². The van der Waals surface area contributed by atoms with Gasteiger partial charge in [0.1, 0.15) is 13.2 Å². The number of ether oxygens (including phenoxy) is 3. The zero-order valence-corrected chi connectivity index (χ0v) is 13.7. The zero-order valence-electron chi connectivity index (χ0n) is 13.7. The van der Waals surface area contributed by atoms with Gasteiger partial charge in [0, 0.05) is 19.2 Å². The van der Waals surface area contributed by atoms with Gasteiger partial charge in [0.2, 0.25) is 0 Å². The van der Waals surface area contributed by atoms with Crippen molar-refractivity contribution in [1.29, 1.82) is 0 Å². The number of esters is 1. The van der Waals surface area contributed by atoms with Crippen molar-refractivity contribution in [1.82, 2.24) is 4.90 Å². The van der Waals surface area contributed by atoms with Gasteiger partial charge in [-0.2, -0.15) is 0 Å². The Morgan fingerprint density at radius 1 is 1.17 bits per heavy atom. The lowest BCUT2D eigenvalue weighted by Crippen LogP contribution is -2.37. The van der Waals surface area contributed by atoms with Crippen molar-refractivity contribution >= 4 is 18.0 Å². The molecule has 1 fully saturated rings. The standard InChI is InChI=1S/C18H21NO5/c1-13(18(21)19-8-2-3-9-19)24-17(20)7-5-14-4-6-15-16(12-14)23-11-10-22-15/h4-7,12-13H,2-3,8-11H2,1H3/b7-5+/t13-/m1/s1. The maximum atomic E-state index is 12.1. The Morgan fingerprint density at radius 3 is 2.62 bits per heavy atom. The molecule has 0 aromatic heterocycles. The highest BCUT2D eigenvalue weighted by atomic mass is 16.6. The van der Waals surface area contributed by atoms with Crippen LogP contribution in [0.4, 0.5) is 0 Å². The molecule has 3 rings (SSSR count). The number of benzene rings is 1. The van der Waals surface area contributed by atoms with E-state index in [1.807, 2.05) is 6.07 Å². The minimum Gasteiger partial charge on any atom is -0.486 e. The van der Waals surface area contributed by atoms with Gasteiger partial charge in [-0.3, -0.25) is 4.79 Å². The number of nitrogens with zero attached hydrogens (tertiary/aromatic N) is 1. The van der Waals surface area contributed by atoms with Crippen LogP contribution in [0, 0.1) is 0 Å². The van der Waals surface area contributed by atoms with Crippen LogP contribution < -0.4 is 9.47 Å². The molecule has 6 heteroatoms. The number of carbonyl (C=O) groups excluding carboxylic acids is 2. The molecule has 0 aliphatic carbocycles. The number of rotatable bonds is 4. The Labute approximate surface area is 141 Å². The van der Waals surface area contributed by atoms with Crippen LogP contribution in [0.15, 0.2) is 24.3 Å². The molecule has 24 heavy (non-hydrogen) atoms. The monoisotopic (exact) mass is 331 g/mol. The van der Waals surface area contributed by atoms with E-state index in [0.717, 1.165) is 31.5 Å². The van der Waals surface area contributed by atoms with Gasteiger partial charge in [-0.05, 0) is 43.5 Å². The van der Waals surface area contributed by atoms with Crippen molar-refractivity contribution in [3.63, 3.8) is 0 Å². The molecule has 1 atom stereocenters. The van der Waals surface area contributed by atoms with Crippen molar-refractivity contribution in [2.45, 2.75) is 25.9 Å². The van der Waals surface area contributed by atoms with Crippen LogP contribution in [-0.2, 0) is 14.3 Å². The van der Waals surface area contributed by atoms with E-state index in [1.54, 1.807) is 30.0 Å². The van der Waals surface area contributed by atoms with Crippen molar-refractivity contribution in [2.75, 3.05) is 26.3 Å². The largest absolute Gasteiger partial charge is 0.486 e. The summed E-state index contributed by atoms with van der Waals surface area (Å²) >= 11 is 0. The number of carbonyl (C=O) groups is 2. The van der Waals surface area contributed by atoms with E-state index in [9.17, 15) is 9.59 Å². The predicted octanol–water partition coefficient (Wildman–Crippen LogP) is 2.03. The Balaban J connectivity index is 1.56. The Hall–Kier alpha value is -2.50. The molecule has 0 bridgehead atoms. The average Bonchev–Trinajstić information content (AvgIpc) is 3.13. The van der Waals surface area contributed by atoms with Gasteiger partial charge in [0.15, 0.2) is 17.6 Å². The van der Waals surface area contributed by atoms with E-state index >= 15 is 0 Å². The fourth-order valence-corrected chi connectivity index (χ4v) is 2.79. The van der Waals surface area contributed by atoms with Gasteiger partial charge in [-0.25, -0.2) is 4.79 Å². The van der Waals surface area contributed by atoms with E-state index < -0.39 is 12.1 Å². The smallest absolute Gasteiger partial charge is 0.331 e. The quantitative estimate of drug-likeness (QED) is 0.624. The summed E-state index contributed by atoms with van der Waals surface area (Å²) in [5, 5.41) is 0. The summed E-state index contributed by atoms with van der Waals surface area (Å²) in [5.41, 5.74) is 0.801. The van der Waals surface area contributed by atoms with Crippen LogP contribution >= 0.6 is 0 Å². The van der Waals surface area contributed by atoms with Gasteiger partial charge in [-0.15, -0.1) is 0 Å². The molecular weight excluding hydrogens is 310 g/mol. The molecule has 2 aliphatic rings. The van der Waals surface area contributed by atoms with E-state index in [2.05, 4.69) is 0 Å². The van der Waals surface area contributed by atoms with Gasteiger partial charge in [0.25, 0.3) is 5.91 Å². The minimum absolute atomic E-state index is 0.131. The molecule has 1 aromatic rings. The fourth-order valence-electron chi connectivity index (χ4n) is 2.79. The van der Waals surface area contributed by atoms with Gasteiger partial charge in [-0.1, -0.05) is 6.07 Å². The van der Waals surface area contributed by atoms with Crippen LogP contribution in [0.5, 0.6) is 11.5 Å². The van der Waals surface area contributed by atoms with Crippen molar-refractivity contribution < 1.29 is 23.8 Å². The third-order valence-corrected chi connectivity index (χ3v) is 4.04. The first-order chi connectivity index (χ1) is 11.6. The normalized spacial score (nSPS) is 17.8. The summed E-state index contributed by atoms with van der Waals surface area (Å²) in [4.78, 5) is 25.7. The number of likely N-dealkylation sites (tertiary alicyclic amines) is 1. The first-order valence-electron chi connectivity index (χ1n) is 8.20. The topological polar surface area (TPSA) is 65.1 Å². The second kappa shape index (κ2) is 7.38. The summed E-state index contributed by atoms with van der Waals surface area (Å²) in [6, 6.07) is 5.44. The summed E-state index contributed by atoms with van der Waals surface area (Å²) < 4.78 is 16.1. The lowest BCUT2D eigenvalue weighted by Gasteiger charge is -2.19. The minimum atomic E-state index is -0.763. The van der Waals surface area contributed by atoms with Crippen molar-refractivity contribution in [2.24, 2.45) is 0 Å². The van der Waals surface area contributed by atoms with Crippen LogP contribution in [0.25, 0.3) is 6.08 Å². The van der Waals surface area contributed by atoms with E-state index in [1.165, 1.54) is 6.08 Å². The summed E-state index contributed by atoms with van der Waals surface area (Å²) in [6.45, 7) is 4.15. The van der Waals surface area contributed by atoms with Crippen LogP contribution in [0.2, 0.25) is 0 Å². The molecule has 2 aliphatic heterocycles. The van der Waals surface area contributed by atoms with Gasteiger partial charge < -0.3 is 19.1 Å². The maximum absolute atomic E-state index is 12.1. The summed E-state index contributed by atoms with van der Waals surface area (Å²) in [6.07, 6.45) is 4.21. The molecule has 0 N–H and O–H groups in total. The third kappa shape index (κ3) is 3.88. The SMILES string of the molecule is C[C@@H](OC(=O)/C=C/c1ccc2c(c1)OCCO2)C(=O)N1CCCC1. The first kappa shape index (κ1) is 16.4. The van der Waals surface area contributed by atoms with Crippen LogP contribution in [0.3, 0.4) is 0 Å². The Kier molecular flexibility index (Phi) is 5.03. The lowest BCUT2D eigenvalue weighted by atomic mass is 10.2. The third-order valence-electron chi connectivity index (χ3n) is 4.04. The first-order valence-corrected chi connectivity index (χ1v) is 8.20. The van der Waals surface area contributed by atoms with Crippen LogP contribution in [-0.4, -0.2) is 49.2 Å². The molecule has 2 heterocycles. The molecule has 1 saturated heterocycles. The van der Waals surface area contributed by atoms with Crippen LogP contribution in [0.1, 0.15) is 25.3 Å². The summed E-state index contributed by atoms with van der Waals surface area (Å²) in [7, 11) is 0. The van der Waals surface area contributed by atoms with E-state index in [0.29, 0.717) is 24.7 Å². The summed E-state index contributed by atoms with van der Waals surface area (Å²) in [5.74, 6) is 0.693. The Bertz CT molecular complexity index is 649. The highest BCUT2D eigenvalue weighted by Gasteiger charge is 2.25. The number of hydrogen-bond donors (Lipinski definition) is 0. The Morgan fingerprint density at radius 2 is 1.88 bits per heavy atom. The highest BCUT2D eigenvalue weighted by molar-refractivity contribution is 5.90. The molecule has 6 nitrogen and oxygen atoms in total. The zero-order chi connectivity index (χ0) is 16.9. The van der Waals surface area contributed by atoms with Crippen molar-refractivity contribution in [3.05, 3.63) is 29.8 Å². The average molecular weight is 331 g/mol. The number of fused-ring (bicyclic) bond motifs is 1. The molecule has 0 unspecified atom stereocenters. The fraction of sp³-hybridized carbons (Fsp3) is 0.444. The molecule has 1 aromatic carbocycles. The number of hydrogen-bond acceptors (Lipinski definition) is 5. The second-order valence-electron chi connectivity index (χ2n) is 5.85. The molecule has 128 valence electrons. The lowest BCUT2D eigenvalue weighted by molar-refractivity contribution is -0.154. The molecule has 1 amide bonds. The molecular formula is C18H21NO5.